The summed E-state index contributed by atoms with van der Waals surface area (Å²) in [6.07, 6.45) is 0. The van der Waals surface area contributed by atoms with E-state index in [0.29, 0.717) is 33.6 Å². The first-order chi connectivity index (χ1) is 12.6. The zero-order valence-electron chi connectivity index (χ0n) is 15.5. The van der Waals surface area contributed by atoms with Gasteiger partial charge in [-0.15, -0.1) is 6.07 Å². The van der Waals surface area contributed by atoms with Crippen LogP contribution in [0, 0.1) is 13.0 Å². The summed E-state index contributed by atoms with van der Waals surface area (Å²) in [7, 11) is 1.74. The quantitative estimate of drug-likeness (QED) is 0.426. The van der Waals surface area contributed by atoms with Gasteiger partial charge in [0.2, 0.25) is 0 Å². The second-order valence-corrected chi connectivity index (χ2v) is 6.27. The van der Waals surface area contributed by atoms with Gasteiger partial charge in [0.15, 0.2) is 11.6 Å². The van der Waals surface area contributed by atoms with Crippen molar-refractivity contribution in [3.63, 3.8) is 0 Å². The molecule has 0 spiro atoms. The van der Waals surface area contributed by atoms with E-state index in [1.807, 2.05) is 37.3 Å². The average Bonchev–Trinajstić information content (AvgIpc) is 2.67. The van der Waals surface area contributed by atoms with Crippen LogP contribution >= 0.6 is 0 Å². The fraction of sp³-hybridized carbons (Fsp3) is 0.0909. The maximum Gasteiger partial charge on any atom is 1.00 e. The monoisotopic (exact) mass is 364 g/mol. The first kappa shape index (κ1) is 19.4. The third-order valence-corrected chi connectivity index (χ3v) is 4.58. The molecule has 1 aliphatic carbocycles. The Kier molecular flexibility index (Phi) is 5.51. The Hall–Kier alpha value is -2.40. The number of carbonyl (C=O) groups is 2. The smallest absolute Gasteiger partial charge is 0.388 e. The number of rotatable bonds is 3. The van der Waals surface area contributed by atoms with Crippen LogP contribution in [-0.4, -0.2) is 18.6 Å². The van der Waals surface area contributed by atoms with Gasteiger partial charge in [0.1, 0.15) is 0 Å². The minimum absolute atomic E-state index is 0. The molecule has 5 heteroatoms. The molecular weight excluding hydrogens is 347 g/mol. The van der Waals surface area contributed by atoms with Crippen LogP contribution in [0.2, 0.25) is 0 Å². The summed E-state index contributed by atoms with van der Waals surface area (Å²) in [5, 5.41) is 6.26. The van der Waals surface area contributed by atoms with Crippen LogP contribution in [0.3, 0.4) is 0 Å². The first-order valence-corrected chi connectivity index (χ1v) is 8.38. The third kappa shape index (κ3) is 3.32. The number of hydrogen-bond donors (Lipinski definition) is 2. The van der Waals surface area contributed by atoms with Crippen LogP contribution in [0.25, 0.3) is 0 Å². The van der Waals surface area contributed by atoms with Crippen molar-refractivity contribution in [1.82, 2.24) is 0 Å². The number of benzene rings is 3. The molecule has 1 aliphatic rings. The Morgan fingerprint density at radius 3 is 1.96 bits per heavy atom. The van der Waals surface area contributed by atoms with Gasteiger partial charge in [-0.2, -0.15) is 23.8 Å². The molecule has 0 bridgehead atoms. The number of carbonyl (C=O) groups excluding carboxylic acids is 2. The van der Waals surface area contributed by atoms with Crippen molar-refractivity contribution in [1.29, 1.82) is 0 Å². The summed E-state index contributed by atoms with van der Waals surface area (Å²) in [6, 6.07) is 19.5. The summed E-state index contributed by atoms with van der Waals surface area (Å²) in [5.41, 5.74) is 4.79. The molecule has 27 heavy (non-hydrogen) atoms. The largest absolute Gasteiger partial charge is 1.00 e. The van der Waals surface area contributed by atoms with Crippen LogP contribution in [0.4, 0.5) is 17.1 Å². The molecule has 0 atom stereocenters. The standard InChI is InChI=1S/C22H17N2O2.Na/c1-13-7-9-14(10-8-13)24-18-12-11-17(23-2)19-20(18)22(26)16-6-4-3-5-15(16)21(19)25;/h3-9,11-12,23-24H,1-2H3;/q-1;+1. The van der Waals surface area contributed by atoms with E-state index >= 15 is 0 Å². The molecule has 0 unspecified atom stereocenters. The van der Waals surface area contributed by atoms with Gasteiger partial charge in [0.05, 0.1) is 11.1 Å². The van der Waals surface area contributed by atoms with E-state index in [0.717, 1.165) is 11.3 Å². The van der Waals surface area contributed by atoms with Crippen LogP contribution < -0.4 is 40.2 Å². The van der Waals surface area contributed by atoms with Gasteiger partial charge in [0.25, 0.3) is 0 Å². The minimum Gasteiger partial charge on any atom is -0.388 e. The van der Waals surface area contributed by atoms with Gasteiger partial charge in [-0.3, -0.25) is 9.59 Å². The molecule has 3 aromatic carbocycles. The van der Waals surface area contributed by atoms with E-state index in [2.05, 4.69) is 16.7 Å². The summed E-state index contributed by atoms with van der Waals surface area (Å²) >= 11 is 0. The number of nitrogens with one attached hydrogen (secondary N) is 2. The Balaban J connectivity index is 0.00000210. The molecule has 0 saturated heterocycles. The maximum atomic E-state index is 13.2. The van der Waals surface area contributed by atoms with E-state index in [1.54, 1.807) is 31.3 Å². The fourth-order valence-electron chi connectivity index (χ4n) is 3.26. The predicted octanol–water partition coefficient (Wildman–Crippen LogP) is 1.36. The van der Waals surface area contributed by atoms with Crippen LogP contribution in [0.5, 0.6) is 0 Å². The van der Waals surface area contributed by atoms with Crippen molar-refractivity contribution in [3.8, 4) is 0 Å². The molecule has 4 rings (SSSR count). The average molecular weight is 364 g/mol. The Morgan fingerprint density at radius 1 is 0.815 bits per heavy atom. The van der Waals surface area contributed by atoms with Crippen LogP contribution in [0.15, 0.2) is 54.6 Å². The SMILES string of the molecule is CNc1ccc(Nc2[c-]cc(C)cc2)c2c1C(=O)c1ccccc1C2=O.[Na+]. The van der Waals surface area contributed by atoms with E-state index in [4.69, 9.17) is 0 Å². The summed E-state index contributed by atoms with van der Waals surface area (Å²) in [4.78, 5) is 26.2. The Bertz CT molecular complexity index is 1040. The van der Waals surface area contributed by atoms with E-state index < -0.39 is 0 Å². The normalized spacial score (nSPS) is 11.9. The van der Waals surface area contributed by atoms with Crippen molar-refractivity contribution >= 4 is 28.6 Å². The Morgan fingerprint density at radius 2 is 1.41 bits per heavy atom. The molecule has 0 heterocycles. The maximum absolute atomic E-state index is 13.2. The van der Waals surface area contributed by atoms with Crippen LogP contribution in [0.1, 0.15) is 37.4 Å². The Labute approximate surface area is 180 Å². The minimum atomic E-state index is -0.151. The number of anilines is 3. The van der Waals surface area contributed by atoms with Crippen molar-refractivity contribution in [2.75, 3.05) is 17.7 Å². The van der Waals surface area contributed by atoms with Crippen LogP contribution in [-0.2, 0) is 0 Å². The van der Waals surface area contributed by atoms with Gasteiger partial charge >= 0.3 is 29.6 Å². The van der Waals surface area contributed by atoms with Gasteiger partial charge in [-0.05, 0) is 12.1 Å². The number of hydrogen-bond acceptors (Lipinski definition) is 4. The molecule has 2 N–H and O–H groups in total. The van der Waals surface area contributed by atoms with Gasteiger partial charge < -0.3 is 10.6 Å². The first-order valence-electron chi connectivity index (χ1n) is 8.38. The molecule has 128 valence electrons. The molecule has 0 amide bonds. The third-order valence-electron chi connectivity index (χ3n) is 4.58. The topological polar surface area (TPSA) is 58.2 Å². The van der Waals surface area contributed by atoms with Gasteiger partial charge in [-0.25, -0.2) is 0 Å². The second-order valence-electron chi connectivity index (χ2n) is 6.27. The summed E-state index contributed by atoms with van der Waals surface area (Å²) in [5.74, 6) is -0.294. The number of fused-ring (bicyclic) bond motifs is 2. The molecule has 3 aromatic rings. The van der Waals surface area contributed by atoms with E-state index in [1.165, 1.54) is 0 Å². The van der Waals surface area contributed by atoms with Crippen molar-refractivity contribution in [2.24, 2.45) is 0 Å². The van der Waals surface area contributed by atoms with Crippen molar-refractivity contribution in [3.05, 3.63) is 88.5 Å². The zero-order valence-corrected chi connectivity index (χ0v) is 17.5. The number of aryl methyl sites for hydroxylation is 1. The predicted molar refractivity (Wildman–Crippen MR) is 103 cm³/mol. The molecule has 4 nitrogen and oxygen atoms in total. The van der Waals surface area contributed by atoms with Gasteiger partial charge in [-0.1, -0.05) is 36.9 Å². The summed E-state index contributed by atoms with van der Waals surface area (Å²) in [6.45, 7) is 1.99. The fourth-order valence-corrected chi connectivity index (χ4v) is 3.26. The van der Waals surface area contributed by atoms with Gasteiger partial charge in [0, 0.05) is 29.5 Å². The summed E-state index contributed by atoms with van der Waals surface area (Å²) < 4.78 is 0. The van der Waals surface area contributed by atoms with Crippen molar-refractivity contribution in [2.45, 2.75) is 6.92 Å². The molecule has 0 aliphatic heterocycles. The molecular formula is C22H17N2NaO2. The molecule has 0 saturated carbocycles. The zero-order chi connectivity index (χ0) is 18.3. The second kappa shape index (κ2) is 7.69. The van der Waals surface area contributed by atoms with E-state index in [9.17, 15) is 9.59 Å². The van der Waals surface area contributed by atoms with Crippen molar-refractivity contribution < 1.29 is 39.1 Å². The number of ketones is 2. The van der Waals surface area contributed by atoms with E-state index in [-0.39, 0.29) is 41.1 Å². The molecule has 0 fully saturated rings. The molecule has 0 radical (unpaired) electrons. The molecule has 0 aromatic heterocycles.